The third-order valence-electron chi connectivity index (χ3n) is 14.5. The second-order valence-electron chi connectivity index (χ2n) is 19.6. The highest BCUT2D eigenvalue weighted by Gasteiger charge is 2.38. The van der Waals surface area contributed by atoms with Crippen LogP contribution in [0.4, 0.5) is 4.39 Å². The molecule has 0 unspecified atom stereocenters. The van der Waals surface area contributed by atoms with E-state index in [0.717, 1.165) is 72.6 Å². The molecule has 6 aliphatic rings. The molecule has 3 aromatic heterocycles. The molecular weight excluding hydrogens is 987 g/mol. The number of fused-ring (bicyclic) bond motifs is 7. The molecule has 11 rings (SSSR count). The number of aromatic nitrogens is 4. The zero-order valence-corrected chi connectivity index (χ0v) is 43.3. The third kappa shape index (κ3) is 11.3. The van der Waals surface area contributed by atoms with Crippen LogP contribution in [0.25, 0.3) is 26.9 Å². The Hall–Kier alpha value is -4.72. The molecule has 0 amide bonds. The van der Waals surface area contributed by atoms with Crippen molar-refractivity contribution < 1.29 is 47.4 Å². The molecule has 384 valence electrons. The highest BCUT2D eigenvalue weighted by molar-refractivity contribution is 7.20. The number of likely N-dealkylation sites (N-methyl/N-ethyl adjacent to an activating group) is 1. The van der Waals surface area contributed by atoms with Crippen molar-refractivity contribution in [2.24, 2.45) is 0 Å². The molecule has 15 nitrogen and oxygen atoms in total. The molecule has 4 aliphatic heterocycles. The van der Waals surface area contributed by atoms with Crippen LogP contribution in [0.1, 0.15) is 83.9 Å². The molecule has 19 heteroatoms. The van der Waals surface area contributed by atoms with Crippen LogP contribution in [0, 0.1) is 13.8 Å². The van der Waals surface area contributed by atoms with E-state index in [-0.39, 0.29) is 44.1 Å². The highest BCUT2D eigenvalue weighted by atomic mass is 35.5. The number of rotatable bonds is 12. The molecule has 3 atom stereocenters. The average Bonchev–Trinajstić information content (AvgIpc) is 4.06. The van der Waals surface area contributed by atoms with Crippen LogP contribution in [-0.2, 0) is 32.0 Å². The van der Waals surface area contributed by atoms with E-state index >= 15 is 4.39 Å². The van der Waals surface area contributed by atoms with Gasteiger partial charge in [0.25, 0.3) is 0 Å². The Morgan fingerprint density at radius 1 is 0.986 bits per heavy atom. The van der Waals surface area contributed by atoms with E-state index in [1.54, 1.807) is 30.5 Å². The number of thiophene rings is 1. The topological polar surface area (TPSA) is 160 Å². The van der Waals surface area contributed by atoms with Gasteiger partial charge >= 0.3 is 5.97 Å². The van der Waals surface area contributed by atoms with Crippen LogP contribution in [0.2, 0.25) is 10.0 Å². The first-order chi connectivity index (χ1) is 34.9. The van der Waals surface area contributed by atoms with Gasteiger partial charge in [0, 0.05) is 67.3 Å². The van der Waals surface area contributed by atoms with Gasteiger partial charge in [-0.3, -0.25) is 4.90 Å². The van der Waals surface area contributed by atoms with Crippen LogP contribution < -0.4 is 18.9 Å². The number of hydrogen-bond donors (Lipinski definition) is 1. The van der Waals surface area contributed by atoms with Crippen LogP contribution in [0.15, 0.2) is 42.9 Å². The van der Waals surface area contributed by atoms with Crippen molar-refractivity contribution in [1.82, 2.24) is 29.7 Å². The Morgan fingerprint density at radius 3 is 2.53 bits per heavy atom. The first kappa shape index (κ1) is 50.8. The maximum Gasteiger partial charge on any atom is 0.345 e. The summed E-state index contributed by atoms with van der Waals surface area (Å²) in [6.07, 6.45) is 7.79. The second-order valence-corrected chi connectivity index (χ2v) is 21.4. The summed E-state index contributed by atoms with van der Waals surface area (Å²) in [6, 6.07) is 7.14. The van der Waals surface area contributed by atoms with Gasteiger partial charge in [-0.25, -0.2) is 29.1 Å². The lowest BCUT2D eigenvalue weighted by Gasteiger charge is -2.35. The normalized spacial score (nSPS) is 24.3. The molecule has 5 aromatic rings. The number of carboxylic acids is 1. The number of carboxylic acid groups (broad SMARTS) is 1. The smallest absolute Gasteiger partial charge is 0.345 e. The zero-order chi connectivity index (χ0) is 49.9. The van der Waals surface area contributed by atoms with Gasteiger partial charge in [0.2, 0.25) is 12.0 Å². The van der Waals surface area contributed by atoms with E-state index in [1.165, 1.54) is 23.2 Å². The summed E-state index contributed by atoms with van der Waals surface area (Å²) < 4.78 is 59.2. The highest BCUT2D eigenvalue weighted by Crippen LogP contribution is 2.53. The summed E-state index contributed by atoms with van der Waals surface area (Å²) in [5.74, 6) is 0.810. The van der Waals surface area contributed by atoms with Crippen molar-refractivity contribution in [3.63, 3.8) is 0 Å². The summed E-state index contributed by atoms with van der Waals surface area (Å²) in [5, 5.41) is 12.3. The number of halogens is 3. The van der Waals surface area contributed by atoms with Crippen molar-refractivity contribution in [3.8, 4) is 34.3 Å². The van der Waals surface area contributed by atoms with Gasteiger partial charge in [-0.2, -0.15) is 0 Å². The van der Waals surface area contributed by atoms with Gasteiger partial charge in [0.05, 0.1) is 54.2 Å². The van der Waals surface area contributed by atoms with Crippen LogP contribution in [-0.4, -0.2) is 144 Å². The Morgan fingerprint density at radius 2 is 1.79 bits per heavy atom. The van der Waals surface area contributed by atoms with Crippen molar-refractivity contribution in [3.05, 3.63) is 86.0 Å². The number of aliphatic carboxylic acids is 1. The maximum atomic E-state index is 15.9. The molecule has 2 saturated heterocycles. The fourth-order valence-corrected chi connectivity index (χ4v) is 12.1. The fraction of sp³-hybridized carbons (Fsp3) is 0.528. The minimum Gasteiger partial charge on any atom is -0.490 e. The molecule has 1 N–H and O–H groups in total. The number of benzene rings is 2. The second kappa shape index (κ2) is 22.4. The van der Waals surface area contributed by atoms with Gasteiger partial charge in [-0.15, -0.1) is 11.3 Å². The summed E-state index contributed by atoms with van der Waals surface area (Å²) >= 11 is 16.3. The van der Waals surface area contributed by atoms with E-state index in [2.05, 4.69) is 32.9 Å². The molecular formula is C53H61Cl2FN6O9S. The van der Waals surface area contributed by atoms with E-state index in [1.807, 2.05) is 13.8 Å². The molecule has 2 aliphatic carbocycles. The first-order valence-corrected chi connectivity index (χ1v) is 26.6. The number of nitrogens with zero attached hydrogens (tertiary/aromatic N) is 6. The zero-order valence-electron chi connectivity index (χ0n) is 40.9. The lowest BCUT2D eigenvalue weighted by Crippen LogP contribution is -2.49. The summed E-state index contributed by atoms with van der Waals surface area (Å²) in [7, 11) is 2.12. The number of hydrogen-bond acceptors (Lipinski definition) is 15. The van der Waals surface area contributed by atoms with Crippen molar-refractivity contribution in [2.45, 2.75) is 102 Å². The van der Waals surface area contributed by atoms with Crippen molar-refractivity contribution >= 4 is 56.3 Å². The Bertz CT molecular complexity index is 2770. The van der Waals surface area contributed by atoms with Gasteiger partial charge in [-0.1, -0.05) is 29.3 Å². The van der Waals surface area contributed by atoms with E-state index < -0.39 is 23.8 Å². The van der Waals surface area contributed by atoms with Gasteiger partial charge in [0.15, 0.2) is 5.75 Å². The number of alkyl halides is 1. The summed E-state index contributed by atoms with van der Waals surface area (Å²) in [6.45, 7) is 10.0. The molecule has 2 aromatic carbocycles. The Balaban J connectivity index is 0.954. The van der Waals surface area contributed by atoms with E-state index in [9.17, 15) is 9.90 Å². The minimum atomic E-state index is -1.43. The quantitative estimate of drug-likeness (QED) is 0.126. The van der Waals surface area contributed by atoms with Crippen LogP contribution in [0.3, 0.4) is 0 Å². The lowest BCUT2D eigenvalue weighted by atomic mass is 9.80. The predicted octanol–water partition coefficient (Wildman–Crippen LogP) is 9.48. The van der Waals surface area contributed by atoms with Crippen LogP contribution >= 0.6 is 34.5 Å². The molecule has 0 radical (unpaired) electrons. The number of allylic oxidation sites excluding steroid dienone is 2. The van der Waals surface area contributed by atoms with E-state index in [4.69, 9.17) is 66.3 Å². The molecule has 4 bridgehead atoms. The average molecular weight is 1050 g/mol. The third-order valence-corrected chi connectivity index (χ3v) is 16.6. The monoisotopic (exact) mass is 1050 g/mol. The minimum absolute atomic E-state index is 0.00812. The molecule has 72 heavy (non-hydrogen) atoms. The van der Waals surface area contributed by atoms with Crippen molar-refractivity contribution in [1.29, 1.82) is 0 Å². The summed E-state index contributed by atoms with van der Waals surface area (Å²) in [5.41, 5.74) is 3.99. The predicted molar refractivity (Wildman–Crippen MR) is 273 cm³/mol. The molecule has 0 spiro atoms. The maximum absolute atomic E-state index is 15.9. The summed E-state index contributed by atoms with van der Waals surface area (Å²) in [4.78, 5) is 38.5. The van der Waals surface area contributed by atoms with Gasteiger partial charge in [-0.05, 0) is 112 Å². The number of ether oxygens (including phenoxy) is 7. The molecule has 3 fully saturated rings. The first-order valence-electron chi connectivity index (χ1n) is 25.0. The fourth-order valence-electron chi connectivity index (χ4n) is 10.4. The molecule has 7 heterocycles. The lowest BCUT2D eigenvalue weighted by molar-refractivity contribution is -0.145. The Kier molecular flexibility index (Phi) is 15.8. The van der Waals surface area contributed by atoms with Crippen LogP contribution in [0.5, 0.6) is 23.1 Å². The van der Waals surface area contributed by atoms with E-state index in [0.29, 0.717) is 113 Å². The standard InChI is InChI=1S/C53H61Cl2FN6O9S/c1-31-42-32(2)46(55)47(45(31)54)70-38(24-62-18-16-61(3)17-19-62)28-68-37-8-9-40(35(22-37)23-41(52(63)64)71-50-44-43(42)48(33-6-4-5-7-33)72-51(44)59-30-58-50)69-25-36-12-15-57-49(60-36)34-10-13-53(56,14-11-34)29-66-27-39-26-65-20-21-67-39/h6,8-9,12,15,22,30,34,38-39,41H,4-5,7,10-11,13-14,16-21,23-29H2,1-3H3,(H,63,64)/t34-,38-,39+,41-,53+/m1/s1. The largest absolute Gasteiger partial charge is 0.490 e. The van der Waals surface area contributed by atoms with Gasteiger partial charge < -0.3 is 43.2 Å². The molecule has 1 saturated carbocycles. The van der Waals surface area contributed by atoms with Crippen molar-refractivity contribution in [2.75, 3.05) is 79.4 Å². The Labute approximate surface area is 432 Å². The van der Waals surface area contributed by atoms with Gasteiger partial charge in [0.1, 0.15) is 59.6 Å². The number of carbonyl (C=O) groups is 1. The SMILES string of the molecule is Cc1c(Cl)c2c(Cl)c(C)c1-c1c(C3=CCCC3)sc3ncnc(c13)O[C@@H](C(=O)O)Cc1cc(ccc1OCc1ccnc([C@H]3CC[C@](F)(COC[C@@H]4COCCO4)CC3)n1)OC[C@@H](CN1CCN(C)CC1)O2. The number of piperazine rings is 1.